The van der Waals surface area contributed by atoms with Gasteiger partial charge >= 0.3 is 0 Å². The van der Waals surface area contributed by atoms with Gasteiger partial charge in [-0.1, -0.05) is 30.3 Å². The fraction of sp³-hybridized carbons (Fsp3) is 0.0667. The van der Waals surface area contributed by atoms with E-state index in [-0.39, 0.29) is 0 Å². The summed E-state index contributed by atoms with van der Waals surface area (Å²) < 4.78 is 7.08. The molecule has 0 N–H and O–H groups in total. The van der Waals surface area contributed by atoms with Gasteiger partial charge in [0.05, 0.1) is 0 Å². The lowest BCUT2D eigenvalue weighted by atomic mass is 10.2. The normalized spacial score (nSPS) is 10.6. The molecule has 0 fully saturated rings. The molecule has 1 heterocycles. The lowest BCUT2D eigenvalue weighted by Crippen LogP contribution is -1.94. The minimum absolute atomic E-state index is 0.622. The molecule has 1 aromatic heterocycles. The van der Waals surface area contributed by atoms with E-state index in [1.165, 1.54) is 15.6 Å². The average molecular weight is 240 g/mol. The zero-order valence-corrected chi connectivity index (χ0v) is 10.1. The van der Waals surface area contributed by atoms with Gasteiger partial charge in [0.1, 0.15) is 12.4 Å². The smallest absolute Gasteiger partial charge is 0.120 e. The predicted octanol–water partition coefficient (Wildman–Crippen LogP) is 4.48. The lowest BCUT2D eigenvalue weighted by Gasteiger charge is -2.06. The van der Waals surface area contributed by atoms with Gasteiger partial charge in [0.15, 0.2) is 0 Å². The predicted molar refractivity (Wildman–Crippen MR) is 72.6 cm³/mol. The first kappa shape index (κ1) is 10.4. The maximum Gasteiger partial charge on any atom is 0.120 e. The zero-order valence-electron chi connectivity index (χ0n) is 9.30. The Kier molecular flexibility index (Phi) is 2.80. The number of hydrogen-bond donors (Lipinski definition) is 0. The molecule has 0 atom stereocenters. The monoisotopic (exact) mass is 240 g/mol. The molecule has 2 aromatic carbocycles. The fourth-order valence-corrected chi connectivity index (χ4v) is 2.55. The second kappa shape index (κ2) is 4.60. The van der Waals surface area contributed by atoms with Crippen LogP contribution < -0.4 is 4.74 Å². The van der Waals surface area contributed by atoms with Crippen LogP contribution in [0.1, 0.15) is 5.56 Å². The lowest BCUT2D eigenvalue weighted by molar-refractivity contribution is 0.306. The Balaban J connectivity index is 1.76. The highest BCUT2D eigenvalue weighted by molar-refractivity contribution is 7.17. The van der Waals surface area contributed by atoms with Crippen LogP contribution in [0.15, 0.2) is 60.0 Å². The Labute approximate surface area is 104 Å². The molecule has 3 rings (SSSR count). The first-order valence-electron chi connectivity index (χ1n) is 5.56. The van der Waals surface area contributed by atoms with E-state index in [1.807, 2.05) is 24.3 Å². The van der Waals surface area contributed by atoms with Crippen molar-refractivity contribution in [3.8, 4) is 5.75 Å². The van der Waals surface area contributed by atoms with Crippen LogP contribution in [0, 0.1) is 0 Å². The van der Waals surface area contributed by atoms with Gasteiger partial charge in [-0.25, -0.2) is 0 Å². The Morgan fingerprint density at radius 3 is 2.71 bits per heavy atom. The summed E-state index contributed by atoms with van der Waals surface area (Å²) in [5.74, 6) is 0.930. The molecule has 0 saturated carbocycles. The molecule has 0 radical (unpaired) electrons. The molecule has 84 valence electrons. The Morgan fingerprint density at radius 1 is 0.941 bits per heavy atom. The van der Waals surface area contributed by atoms with Crippen molar-refractivity contribution >= 4 is 21.4 Å². The molecule has 0 spiro atoms. The molecule has 0 aliphatic rings. The standard InChI is InChI=1S/C15H12OS/c1-2-4-12(5-3-1)11-16-14-6-7-15-13(10-14)8-9-17-15/h1-10H,11H2. The van der Waals surface area contributed by atoms with Crippen molar-refractivity contribution in [2.24, 2.45) is 0 Å². The van der Waals surface area contributed by atoms with Crippen molar-refractivity contribution in [3.63, 3.8) is 0 Å². The number of thiophene rings is 1. The van der Waals surface area contributed by atoms with Gasteiger partial charge < -0.3 is 4.74 Å². The summed E-state index contributed by atoms with van der Waals surface area (Å²) in [7, 11) is 0. The highest BCUT2D eigenvalue weighted by Gasteiger charge is 1.99. The van der Waals surface area contributed by atoms with E-state index < -0.39 is 0 Å². The van der Waals surface area contributed by atoms with Crippen molar-refractivity contribution < 1.29 is 4.74 Å². The number of benzene rings is 2. The second-order valence-corrected chi connectivity index (χ2v) is 4.84. The van der Waals surface area contributed by atoms with Crippen molar-refractivity contribution in [3.05, 3.63) is 65.5 Å². The van der Waals surface area contributed by atoms with E-state index in [4.69, 9.17) is 4.74 Å². The summed E-state index contributed by atoms with van der Waals surface area (Å²) in [4.78, 5) is 0. The first-order valence-corrected chi connectivity index (χ1v) is 6.44. The number of rotatable bonds is 3. The van der Waals surface area contributed by atoms with Crippen LogP contribution in [0.2, 0.25) is 0 Å². The van der Waals surface area contributed by atoms with Gasteiger partial charge in [0.2, 0.25) is 0 Å². The minimum Gasteiger partial charge on any atom is -0.489 e. The highest BCUT2D eigenvalue weighted by Crippen LogP contribution is 2.25. The summed E-state index contributed by atoms with van der Waals surface area (Å²) in [6, 6.07) is 18.6. The molecule has 2 heteroatoms. The van der Waals surface area contributed by atoms with E-state index in [9.17, 15) is 0 Å². The van der Waals surface area contributed by atoms with Crippen molar-refractivity contribution in [2.75, 3.05) is 0 Å². The third kappa shape index (κ3) is 2.32. The van der Waals surface area contributed by atoms with E-state index >= 15 is 0 Å². The third-order valence-corrected chi connectivity index (χ3v) is 3.57. The van der Waals surface area contributed by atoms with Crippen LogP contribution in [0.25, 0.3) is 10.1 Å². The molecule has 1 nitrogen and oxygen atoms in total. The molecular formula is C15H12OS. The van der Waals surface area contributed by atoms with Gasteiger partial charge in [-0.2, -0.15) is 0 Å². The maximum atomic E-state index is 5.77. The molecule has 0 saturated heterocycles. The summed E-state index contributed by atoms with van der Waals surface area (Å²) in [6.07, 6.45) is 0. The van der Waals surface area contributed by atoms with Crippen LogP contribution in [-0.4, -0.2) is 0 Å². The van der Waals surface area contributed by atoms with E-state index in [1.54, 1.807) is 11.3 Å². The summed E-state index contributed by atoms with van der Waals surface area (Å²) >= 11 is 1.75. The zero-order chi connectivity index (χ0) is 11.5. The van der Waals surface area contributed by atoms with Crippen LogP contribution in [0.3, 0.4) is 0 Å². The van der Waals surface area contributed by atoms with Crippen molar-refractivity contribution in [1.82, 2.24) is 0 Å². The molecule has 0 amide bonds. The summed E-state index contributed by atoms with van der Waals surface area (Å²) in [5.41, 5.74) is 1.19. The third-order valence-electron chi connectivity index (χ3n) is 2.67. The molecular weight excluding hydrogens is 228 g/mol. The Morgan fingerprint density at radius 2 is 1.82 bits per heavy atom. The number of fused-ring (bicyclic) bond motifs is 1. The fourth-order valence-electron chi connectivity index (χ4n) is 1.78. The molecule has 0 aliphatic heterocycles. The van der Waals surface area contributed by atoms with Crippen LogP contribution in [0.4, 0.5) is 0 Å². The topological polar surface area (TPSA) is 9.23 Å². The quantitative estimate of drug-likeness (QED) is 0.656. The Hall–Kier alpha value is -1.80. The Bertz CT molecular complexity index is 613. The first-order chi connectivity index (χ1) is 8.42. The SMILES string of the molecule is c1ccc(COc2ccc3sccc3c2)cc1. The van der Waals surface area contributed by atoms with Crippen LogP contribution >= 0.6 is 11.3 Å². The van der Waals surface area contributed by atoms with Gasteiger partial charge in [0.25, 0.3) is 0 Å². The van der Waals surface area contributed by atoms with Gasteiger partial charge in [-0.05, 0) is 40.6 Å². The molecule has 0 bridgehead atoms. The highest BCUT2D eigenvalue weighted by atomic mass is 32.1. The second-order valence-electron chi connectivity index (χ2n) is 3.89. The number of hydrogen-bond acceptors (Lipinski definition) is 2. The minimum atomic E-state index is 0.622. The molecule has 17 heavy (non-hydrogen) atoms. The van der Waals surface area contributed by atoms with Gasteiger partial charge in [-0.3, -0.25) is 0 Å². The van der Waals surface area contributed by atoms with E-state index in [2.05, 4.69) is 35.7 Å². The molecule has 3 aromatic rings. The molecule has 0 unspecified atom stereocenters. The average Bonchev–Trinajstić information content (AvgIpc) is 2.85. The van der Waals surface area contributed by atoms with Gasteiger partial charge in [0, 0.05) is 4.70 Å². The van der Waals surface area contributed by atoms with Crippen molar-refractivity contribution in [2.45, 2.75) is 6.61 Å². The van der Waals surface area contributed by atoms with Gasteiger partial charge in [-0.15, -0.1) is 11.3 Å². The molecule has 0 aliphatic carbocycles. The van der Waals surface area contributed by atoms with Crippen LogP contribution in [0.5, 0.6) is 5.75 Å². The number of ether oxygens (including phenoxy) is 1. The summed E-state index contributed by atoms with van der Waals surface area (Å²) in [5, 5.41) is 3.35. The van der Waals surface area contributed by atoms with E-state index in [0.29, 0.717) is 6.61 Å². The van der Waals surface area contributed by atoms with E-state index in [0.717, 1.165) is 5.75 Å². The van der Waals surface area contributed by atoms with Crippen LogP contribution in [-0.2, 0) is 6.61 Å². The maximum absolute atomic E-state index is 5.77. The van der Waals surface area contributed by atoms with Crippen molar-refractivity contribution in [1.29, 1.82) is 0 Å². The largest absolute Gasteiger partial charge is 0.489 e. The summed E-state index contributed by atoms with van der Waals surface area (Å²) in [6.45, 7) is 0.622.